The van der Waals surface area contributed by atoms with Crippen LogP contribution in [0.4, 0.5) is 8.78 Å². The van der Waals surface area contributed by atoms with Crippen LogP contribution in [0.1, 0.15) is 12.0 Å². The standard InChI is InChI=1S/C13H16F2N2O/c1-18-8-7-17(6-2-5-16)10-11-3-4-12(14)13(15)9-11/h3-4,9H,2,6-8,10H2,1H3. The van der Waals surface area contributed by atoms with E-state index in [1.165, 1.54) is 6.07 Å². The second kappa shape index (κ2) is 7.75. The molecule has 0 saturated heterocycles. The first-order valence-corrected chi connectivity index (χ1v) is 5.69. The van der Waals surface area contributed by atoms with Gasteiger partial charge in [0.15, 0.2) is 11.6 Å². The van der Waals surface area contributed by atoms with Crippen LogP contribution in [0.2, 0.25) is 0 Å². The Kier molecular flexibility index (Phi) is 6.26. The van der Waals surface area contributed by atoms with Gasteiger partial charge in [-0.25, -0.2) is 8.78 Å². The van der Waals surface area contributed by atoms with Gasteiger partial charge in [-0.2, -0.15) is 5.26 Å². The Bertz CT molecular complexity index is 418. The Balaban J connectivity index is 2.63. The van der Waals surface area contributed by atoms with E-state index in [4.69, 9.17) is 10.00 Å². The van der Waals surface area contributed by atoms with Gasteiger partial charge in [0.25, 0.3) is 0 Å². The van der Waals surface area contributed by atoms with Crippen molar-refractivity contribution in [1.82, 2.24) is 4.90 Å². The number of rotatable bonds is 7. The van der Waals surface area contributed by atoms with E-state index in [-0.39, 0.29) is 0 Å². The first kappa shape index (κ1) is 14.6. The average molecular weight is 254 g/mol. The third kappa shape index (κ3) is 4.78. The molecule has 0 atom stereocenters. The molecule has 1 aromatic rings. The zero-order valence-electron chi connectivity index (χ0n) is 10.3. The molecule has 0 saturated carbocycles. The maximum atomic E-state index is 13.1. The third-order valence-electron chi connectivity index (χ3n) is 2.54. The second-order valence-corrected chi connectivity index (χ2v) is 3.93. The van der Waals surface area contributed by atoms with E-state index in [1.807, 2.05) is 4.90 Å². The lowest BCUT2D eigenvalue weighted by atomic mass is 10.2. The topological polar surface area (TPSA) is 36.3 Å². The minimum absolute atomic E-state index is 0.396. The predicted molar refractivity (Wildman–Crippen MR) is 63.7 cm³/mol. The molecule has 0 spiro atoms. The number of nitrogens with zero attached hydrogens (tertiary/aromatic N) is 2. The molecule has 0 radical (unpaired) electrons. The van der Waals surface area contributed by atoms with Crippen LogP contribution in [0.3, 0.4) is 0 Å². The van der Waals surface area contributed by atoms with Gasteiger partial charge in [-0.05, 0) is 17.7 Å². The fourth-order valence-corrected chi connectivity index (χ4v) is 1.59. The minimum atomic E-state index is -0.848. The summed E-state index contributed by atoms with van der Waals surface area (Å²) < 4.78 is 30.8. The largest absolute Gasteiger partial charge is 0.383 e. The summed E-state index contributed by atoms with van der Waals surface area (Å²) in [6.45, 7) is 2.24. The zero-order valence-corrected chi connectivity index (χ0v) is 10.3. The van der Waals surface area contributed by atoms with E-state index < -0.39 is 11.6 Å². The minimum Gasteiger partial charge on any atom is -0.383 e. The van der Waals surface area contributed by atoms with Crippen LogP contribution in [0.15, 0.2) is 18.2 Å². The highest BCUT2D eigenvalue weighted by atomic mass is 19.2. The lowest BCUT2D eigenvalue weighted by Crippen LogP contribution is -2.28. The van der Waals surface area contributed by atoms with Gasteiger partial charge in [-0.15, -0.1) is 0 Å². The zero-order chi connectivity index (χ0) is 13.4. The van der Waals surface area contributed by atoms with Crippen LogP contribution in [-0.4, -0.2) is 31.7 Å². The van der Waals surface area contributed by atoms with Gasteiger partial charge < -0.3 is 4.74 Å². The van der Waals surface area contributed by atoms with Crippen LogP contribution in [-0.2, 0) is 11.3 Å². The summed E-state index contributed by atoms with van der Waals surface area (Å²) in [7, 11) is 1.60. The first-order chi connectivity index (χ1) is 8.67. The quantitative estimate of drug-likeness (QED) is 0.749. The Hall–Kier alpha value is -1.51. The van der Waals surface area contributed by atoms with Crippen molar-refractivity contribution in [2.75, 3.05) is 26.8 Å². The molecule has 18 heavy (non-hydrogen) atoms. The molecule has 0 heterocycles. The number of ether oxygens (including phenoxy) is 1. The van der Waals surface area contributed by atoms with E-state index in [1.54, 1.807) is 13.2 Å². The number of hydrogen-bond donors (Lipinski definition) is 0. The van der Waals surface area contributed by atoms with Crippen LogP contribution in [0.5, 0.6) is 0 Å². The van der Waals surface area contributed by atoms with Gasteiger partial charge in [-0.3, -0.25) is 4.90 Å². The summed E-state index contributed by atoms with van der Waals surface area (Å²) >= 11 is 0. The SMILES string of the molecule is COCCN(CCC#N)Cc1ccc(F)c(F)c1. The van der Waals surface area contributed by atoms with Crippen molar-refractivity contribution in [3.05, 3.63) is 35.4 Å². The van der Waals surface area contributed by atoms with Crippen molar-refractivity contribution in [2.45, 2.75) is 13.0 Å². The molecule has 0 unspecified atom stereocenters. The lowest BCUT2D eigenvalue weighted by molar-refractivity contribution is 0.145. The van der Waals surface area contributed by atoms with Crippen molar-refractivity contribution in [3.8, 4) is 6.07 Å². The van der Waals surface area contributed by atoms with Gasteiger partial charge in [0.1, 0.15) is 0 Å². The molecule has 0 aliphatic rings. The first-order valence-electron chi connectivity index (χ1n) is 5.69. The molecule has 0 aromatic heterocycles. The van der Waals surface area contributed by atoms with Crippen molar-refractivity contribution in [1.29, 1.82) is 5.26 Å². The summed E-state index contributed by atoms with van der Waals surface area (Å²) in [4.78, 5) is 1.97. The van der Waals surface area contributed by atoms with Gasteiger partial charge in [0.2, 0.25) is 0 Å². The van der Waals surface area contributed by atoms with Crippen LogP contribution < -0.4 is 0 Å². The van der Waals surface area contributed by atoms with E-state index in [0.717, 1.165) is 6.07 Å². The summed E-state index contributed by atoms with van der Waals surface area (Å²) in [6, 6.07) is 5.91. The molecule has 0 N–H and O–H groups in total. The van der Waals surface area contributed by atoms with Crippen LogP contribution in [0, 0.1) is 23.0 Å². The molecule has 0 fully saturated rings. The maximum Gasteiger partial charge on any atom is 0.159 e. The van der Waals surface area contributed by atoms with E-state index in [0.29, 0.717) is 38.2 Å². The second-order valence-electron chi connectivity index (χ2n) is 3.93. The molecule has 0 aliphatic carbocycles. The normalized spacial score (nSPS) is 10.6. The summed E-state index contributed by atoms with van der Waals surface area (Å²) in [5, 5.41) is 8.57. The molecule has 0 amide bonds. The highest BCUT2D eigenvalue weighted by Crippen LogP contribution is 2.11. The maximum absolute atomic E-state index is 13.1. The van der Waals surface area contributed by atoms with Gasteiger partial charge in [0.05, 0.1) is 12.7 Å². The molecule has 1 aromatic carbocycles. The fourth-order valence-electron chi connectivity index (χ4n) is 1.59. The Morgan fingerprint density at radius 1 is 1.28 bits per heavy atom. The van der Waals surface area contributed by atoms with Crippen molar-refractivity contribution in [3.63, 3.8) is 0 Å². The molecular weight excluding hydrogens is 238 g/mol. The highest BCUT2D eigenvalue weighted by molar-refractivity contribution is 5.17. The average Bonchev–Trinajstić information content (AvgIpc) is 2.37. The van der Waals surface area contributed by atoms with Crippen LogP contribution in [0.25, 0.3) is 0 Å². The van der Waals surface area contributed by atoms with Crippen molar-refractivity contribution < 1.29 is 13.5 Å². The van der Waals surface area contributed by atoms with Gasteiger partial charge >= 0.3 is 0 Å². The molecule has 3 nitrogen and oxygen atoms in total. The van der Waals surface area contributed by atoms with E-state index in [9.17, 15) is 8.78 Å². The Morgan fingerprint density at radius 2 is 2.06 bits per heavy atom. The molecule has 5 heteroatoms. The summed E-state index contributed by atoms with van der Waals surface area (Å²) in [5.41, 5.74) is 0.683. The number of halogens is 2. The predicted octanol–water partition coefficient (Wildman–Crippen LogP) is 2.33. The van der Waals surface area contributed by atoms with E-state index in [2.05, 4.69) is 6.07 Å². The number of nitriles is 1. The summed E-state index contributed by atoms with van der Waals surface area (Å²) in [5.74, 6) is -1.70. The van der Waals surface area contributed by atoms with Gasteiger partial charge in [-0.1, -0.05) is 6.07 Å². The van der Waals surface area contributed by atoms with E-state index >= 15 is 0 Å². The number of benzene rings is 1. The lowest BCUT2D eigenvalue weighted by Gasteiger charge is -2.20. The number of methoxy groups -OCH3 is 1. The Labute approximate surface area is 106 Å². The molecule has 98 valence electrons. The number of hydrogen-bond acceptors (Lipinski definition) is 3. The molecule has 1 rings (SSSR count). The fraction of sp³-hybridized carbons (Fsp3) is 0.462. The van der Waals surface area contributed by atoms with Crippen molar-refractivity contribution in [2.24, 2.45) is 0 Å². The Morgan fingerprint density at radius 3 is 2.67 bits per heavy atom. The van der Waals surface area contributed by atoms with Crippen molar-refractivity contribution >= 4 is 0 Å². The molecular formula is C13H16F2N2O. The van der Waals surface area contributed by atoms with Crippen LogP contribution >= 0.6 is 0 Å². The van der Waals surface area contributed by atoms with Gasteiger partial charge in [0, 0.05) is 33.2 Å². The smallest absolute Gasteiger partial charge is 0.159 e. The monoisotopic (exact) mass is 254 g/mol. The molecule has 0 aliphatic heterocycles. The highest BCUT2D eigenvalue weighted by Gasteiger charge is 2.08. The summed E-state index contributed by atoms with van der Waals surface area (Å²) in [6.07, 6.45) is 0.396. The third-order valence-corrected chi connectivity index (χ3v) is 2.54. The molecule has 0 bridgehead atoms.